The number of piperidine rings is 1. The second kappa shape index (κ2) is 12.4. The number of rotatable bonds is 8. The van der Waals surface area contributed by atoms with Crippen LogP contribution in [0.4, 0.5) is 8.78 Å². The van der Waals surface area contributed by atoms with Crippen LogP contribution in [0.1, 0.15) is 43.0 Å². The molecule has 2 aromatic carbocycles. The lowest BCUT2D eigenvalue weighted by Crippen LogP contribution is -2.41. The van der Waals surface area contributed by atoms with Crippen LogP contribution in [-0.4, -0.2) is 47.7 Å². The van der Waals surface area contributed by atoms with Gasteiger partial charge in [0.2, 0.25) is 0 Å². The molecule has 0 spiro atoms. The van der Waals surface area contributed by atoms with Crippen LogP contribution in [0.25, 0.3) is 10.9 Å². The van der Waals surface area contributed by atoms with Crippen LogP contribution >= 0.6 is 11.6 Å². The van der Waals surface area contributed by atoms with Crippen molar-refractivity contribution < 1.29 is 23.4 Å². The highest BCUT2D eigenvalue weighted by Gasteiger charge is 2.31. The number of carbonyl (C=O) groups is 1. The first-order valence-corrected chi connectivity index (χ1v) is 12.7. The molecule has 1 aromatic heterocycles. The van der Waals surface area contributed by atoms with E-state index in [2.05, 4.69) is 21.7 Å². The van der Waals surface area contributed by atoms with Crippen molar-refractivity contribution in [3.63, 3.8) is 0 Å². The fourth-order valence-corrected chi connectivity index (χ4v) is 5.30. The van der Waals surface area contributed by atoms with Gasteiger partial charge in [-0.3, -0.25) is 14.7 Å². The molecule has 5 nitrogen and oxygen atoms in total. The topological polar surface area (TPSA) is 62.7 Å². The normalized spacial score (nSPS) is 18.7. The zero-order chi connectivity index (χ0) is 26.4. The molecule has 0 saturated carbocycles. The van der Waals surface area contributed by atoms with Crippen LogP contribution in [0, 0.1) is 29.5 Å². The first-order valence-electron chi connectivity index (χ1n) is 12.3. The summed E-state index contributed by atoms with van der Waals surface area (Å²) in [5, 5.41) is 10.5. The number of carboxylic acid groups (broad SMARTS) is 1. The Labute approximate surface area is 220 Å². The maximum absolute atomic E-state index is 15.5. The first-order chi connectivity index (χ1) is 17.8. The summed E-state index contributed by atoms with van der Waals surface area (Å²) >= 11 is 5.89. The Morgan fingerprint density at radius 1 is 1.27 bits per heavy atom. The van der Waals surface area contributed by atoms with E-state index in [1.54, 1.807) is 37.6 Å². The van der Waals surface area contributed by atoms with E-state index in [-0.39, 0.29) is 23.3 Å². The average molecular weight is 527 g/mol. The van der Waals surface area contributed by atoms with E-state index < -0.39 is 18.0 Å². The van der Waals surface area contributed by atoms with Gasteiger partial charge in [0, 0.05) is 35.1 Å². The van der Waals surface area contributed by atoms with Gasteiger partial charge in [0.05, 0.1) is 19.2 Å². The van der Waals surface area contributed by atoms with E-state index in [1.807, 2.05) is 6.07 Å². The highest BCUT2D eigenvalue weighted by Crippen LogP contribution is 2.36. The van der Waals surface area contributed by atoms with E-state index >= 15 is 4.39 Å². The van der Waals surface area contributed by atoms with Crippen molar-refractivity contribution in [3.05, 3.63) is 70.6 Å². The van der Waals surface area contributed by atoms with Gasteiger partial charge < -0.3 is 9.84 Å². The molecule has 0 amide bonds. The number of halogens is 3. The summed E-state index contributed by atoms with van der Waals surface area (Å²) in [5.74, 6) is 5.31. The SMILES string of the molecule is COc1ccc2nccc(C(F)CC[C@@H]3CCN(CC#Cc4cc(F)cc(Cl)c4)C[C@@H]3CC(=O)O)c2c1. The standard InChI is InChI=1S/C29H29ClF2N2O3/c1-37-24-5-7-28-26(17-24)25(8-10-33-28)27(32)6-4-20-9-12-34(18-21(20)15-29(35)36)11-2-3-19-13-22(30)16-23(31)14-19/h5,7-8,10,13-14,16-17,20-21,27H,4,6,9,11-12,15,18H2,1H3,(H,35,36)/t20-,21+,27?/m1/s1. The number of carboxylic acids is 1. The Hall–Kier alpha value is -3.21. The van der Waals surface area contributed by atoms with E-state index in [4.69, 9.17) is 16.3 Å². The van der Waals surface area contributed by atoms with Crippen molar-refractivity contribution in [1.29, 1.82) is 0 Å². The van der Waals surface area contributed by atoms with Gasteiger partial charge in [-0.05, 0) is 85.7 Å². The molecule has 0 aliphatic carbocycles. The van der Waals surface area contributed by atoms with E-state index in [0.29, 0.717) is 48.3 Å². The maximum atomic E-state index is 15.5. The largest absolute Gasteiger partial charge is 0.497 e. The number of hydrogen-bond acceptors (Lipinski definition) is 4. The predicted molar refractivity (Wildman–Crippen MR) is 140 cm³/mol. The number of nitrogens with zero attached hydrogens (tertiary/aromatic N) is 2. The van der Waals surface area contributed by atoms with Crippen LogP contribution < -0.4 is 4.74 Å². The van der Waals surface area contributed by atoms with Gasteiger partial charge in [-0.25, -0.2) is 8.78 Å². The molecule has 1 fully saturated rings. The number of benzene rings is 2. The lowest BCUT2D eigenvalue weighted by atomic mass is 9.79. The van der Waals surface area contributed by atoms with Gasteiger partial charge in [-0.2, -0.15) is 0 Å². The highest BCUT2D eigenvalue weighted by atomic mass is 35.5. The number of aromatic nitrogens is 1. The third kappa shape index (κ3) is 7.18. The van der Waals surface area contributed by atoms with Crippen LogP contribution in [0.2, 0.25) is 5.02 Å². The third-order valence-electron chi connectivity index (χ3n) is 6.92. The highest BCUT2D eigenvalue weighted by molar-refractivity contribution is 6.30. The van der Waals surface area contributed by atoms with Crippen LogP contribution in [-0.2, 0) is 4.79 Å². The number of ether oxygens (including phenoxy) is 1. The van der Waals surface area contributed by atoms with Crippen molar-refractivity contribution in [2.45, 2.75) is 31.9 Å². The Bertz CT molecular complexity index is 1300. The van der Waals surface area contributed by atoms with Gasteiger partial charge in [0.1, 0.15) is 17.7 Å². The molecule has 8 heteroatoms. The van der Waals surface area contributed by atoms with Crippen LogP contribution in [0.5, 0.6) is 5.75 Å². The molecule has 4 rings (SSSR count). The molecule has 1 aliphatic heterocycles. The summed E-state index contributed by atoms with van der Waals surface area (Å²) < 4.78 is 34.3. The number of alkyl halides is 1. The molecular formula is C29H29ClF2N2O3. The molecule has 37 heavy (non-hydrogen) atoms. The summed E-state index contributed by atoms with van der Waals surface area (Å²) in [6.45, 7) is 1.75. The summed E-state index contributed by atoms with van der Waals surface area (Å²) in [6, 6.07) is 11.3. The predicted octanol–water partition coefficient (Wildman–Crippen LogP) is 6.29. The number of pyridine rings is 1. The van der Waals surface area contributed by atoms with Gasteiger partial charge in [-0.15, -0.1) is 0 Å². The number of hydrogen-bond donors (Lipinski definition) is 1. The summed E-state index contributed by atoms with van der Waals surface area (Å²) in [6.07, 6.45) is 2.11. The zero-order valence-corrected chi connectivity index (χ0v) is 21.3. The van der Waals surface area contributed by atoms with E-state index in [0.717, 1.165) is 18.4 Å². The molecule has 3 aromatic rings. The molecular weight excluding hydrogens is 498 g/mol. The molecule has 3 atom stereocenters. The lowest BCUT2D eigenvalue weighted by molar-refractivity contribution is -0.139. The van der Waals surface area contributed by atoms with E-state index in [9.17, 15) is 14.3 Å². The first kappa shape index (κ1) is 26.8. The Kier molecular flexibility index (Phi) is 8.96. The molecule has 0 radical (unpaired) electrons. The fourth-order valence-electron chi connectivity index (χ4n) is 5.08. The minimum atomic E-state index is -1.19. The Balaban J connectivity index is 1.39. The minimum Gasteiger partial charge on any atom is -0.497 e. The summed E-state index contributed by atoms with van der Waals surface area (Å²) in [5.41, 5.74) is 1.78. The smallest absolute Gasteiger partial charge is 0.303 e. The van der Waals surface area contributed by atoms with Crippen molar-refractivity contribution in [2.24, 2.45) is 11.8 Å². The molecule has 1 saturated heterocycles. The maximum Gasteiger partial charge on any atom is 0.303 e. The van der Waals surface area contributed by atoms with Gasteiger partial charge >= 0.3 is 5.97 Å². The molecule has 2 heterocycles. The quantitative estimate of drug-likeness (QED) is 0.349. The number of fused-ring (bicyclic) bond motifs is 1. The third-order valence-corrected chi connectivity index (χ3v) is 7.14. The lowest BCUT2D eigenvalue weighted by Gasteiger charge is -2.37. The minimum absolute atomic E-state index is 0.0282. The second-order valence-corrected chi connectivity index (χ2v) is 9.87. The second-order valence-electron chi connectivity index (χ2n) is 9.43. The zero-order valence-electron chi connectivity index (χ0n) is 20.6. The van der Waals surface area contributed by atoms with Gasteiger partial charge in [0.25, 0.3) is 0 Å². The fraction of sp³-hybridized carbons (Fsp3) is 0.379. The Morgan fingerprint density at radius 2 is 2.11 bits per heavy atom. The van der Waals surface area contributed by atoms with Gasteiger partial charge in [0.15, 0.2) is 0 Å². The van der Waals surface area contributed by atoms with Crippen LogP contribution in [0.3, 0.4) is 0 Å². The summed E-state index contributed by atoms with van der Waals surface area (Å²) in [7, 11) is 1.57. The molecule has 1 aliphatic rings. The van der Waals surface area contributed by atoms with Gasteiger partial charge in [-0.1, -0.05) is 23.4 Å². The molecule has 0 bridgehead atoms. The summed E-state index contributed by atoms with van der Waals surface area (Å²) in [4.78, 5) is 18.0. The number of aliphatic carboxylic acids is 1. The molecule has 1 N–H and O–H groups in total. The van der Waals surface area contributed by atoms with Crippen molar-refractivity contribution in [2.75, 3.05) is 26.7 Å². The average Bonchev–Trinajstić information content (AvgIpc) is 2.86. The van der Waals surface area contributed by atoms with Crippen molar-refractivity contribution in [3.8, 4) is 17.6 Å². The monoisotopic (exact) mass is 526 g/mol. The Morgan fingerprint density at radius 3 is 2.86 bits per heavy atom. The number of methoxy groups -OCH3 is 1. The van der Waals surface area contributed by atoms with Crippen molar-refractivity contribution in [1.82, 2.24) is 9.88 Å². The molecule has 194 valence electrons. The van der Waals surface area contributed by atoms with E-state index in [1.165, 1.54) is 12.1 Å². The van der Waals surface area contributed by atoms with Crippen molar-refractivity contribution >= 4 is 28.5 Å². The number of likely N-dealkylation sites (tertiary alicyclic amines) is 1. The van der Waals surface area contributed by atoms with Crippen LogP contribution in [0.15, 0.2) is 48.7 Å². The molecule has 1 unspecified atom stereocenters.